The highest BCUT2D eigenvalue weighted by molar-refractivity contribution is 7.22. The number of amides is 1. The predicted octanol–water partition coefficient (Wildman–Crippen LogP) is 3.44. The molecule has 22 heavy (non-hydrogen) atoms. The smallest absolute Gasteiger partial charge is 0.245 e. The Morgan fingerprint density at radius 1 is 1.23 bits per heavy atom. The van der Waals surface area contributed by atoms with Crippen molar-refractivity contribution >= 4 is 49.1 Å². The van der Waals surface area contributed by atoms with E-state index < -0.39 is 0 Å². The van der Waals surface area contributed by atoms with Gasteiger partial charge in [0.1, 0.15) is 0 Å². The van der Waals surface area contributed by atoms with Crippen molar-refractivity contribution in [1.29, 1.82) is 0 Å². The highest BCUT2D eigenvalue weighted by atomic mass is 32.1. The third-order valence-corrected chi connectivity index (χ3v) is 5.40. The highest BCUT2D eigenvalue weighted by Gasteiger charge is 2.13. The van der Waals surface area contributed by atoms with Crippen molar-refractivity contribution in [1.82, 2.24) is 9.97 Å². The average molecular weight is 332 g/mol. The van der Waals surface area contributed by atoms with Crippen molar-refractivity contribution in [3.05, 3.63) is 34.8 Å². The number of carbonyl (C=O) groups is 1. The number of fused-ring (bicyclic) bond motifs is 1. The average Bonchev–Trinajstić information content (AvgIpc) is 3.02. The minimum atomic E-state index is -0.0875. The van der Waals surface area contributed by atoms with Crippen LogP contribution in [0.3, 0.4) is 0 Å². The minimum absolute atomic E-state index is 0.0875. The molecule has 0 atom stereocenters. The van der Waals surface area contributed by atoms with Crippen LogP contribution in [0.25, 0.3) is 10.2 Å². The fourth-order valence-electron chi connectivity index (χ4n) is 1.99. The zero-order valence-corrected chi connectivity index (χ0v) is 14.2. The molecule has 3 rings (SSSR count). The monoisotopic (exact) mass is 332 g/mol. The summed E-state index contributed by atoms with van der Waals surface area (Å²) in [4.78, 5) is 24.0. The van der Waals surface area contributed by atoms with Crippen LogP contribution in [-0.4, -0.2) is 29.5 Å². The van der Waals surface area contributed by atoms with Crippen LogP contribution in [0.1, 0.15) is 10.6 Å². The normalized spacial score (nSPS) is 10.9. The third kappa shape index (κ3) is 3.10. The second-order valence-corrected chi connectivity index (χ2v) is 7.24. The summed E-state index contributed by atoms with van der Waals surface area (Å²) < 4.78 is 1.12. The van der Waals surface area contributed by atoms with E-state index in [0.717, 1.165) is 25.9 Å². The fraction of sp³-hybridized carbons (Fsp3) is 0.267. The van der Waals surface area contributed by atoms with Crippen molar-refractivity contribution in [2.75, 3.05) is 23.8 Å². The van der Waals surface area contributed by atoms with Crippen LogP contribution in [0, 0.1) is 13.8 Å². The van der Waals surface area contributed by atoms with Gasteiger partial charge in [0.2, 0.25) is 5.91 Å². The fourth-order valence-corrected chi connectivity index (χ4v) is 3.75. The molecule has 0 unspecified atom stereocenters. The van der Waals surface area contributed by atoms with E-state index in [1.54, 1.807) is 11.3 Å². The first kappa shape index (κ1) is 14.9. The number of carbonyl (C=O) groups excluding carboxylic acids is 1. The van der Waals surface area contributed by atoms with Gasteiger partial charge in [0.05, 0.1) is 22.5 Å². The highest BCUT2D eigenvalue weighted by Crippen LogP contribution is 2.27. The molecule has 2 heterocycles. The van der Waals surface area contributed by atoms with Gasteiger partial charge in [-0.15, -0.1) is 11.3 Å². The summed E-state index contributed by atoms with van der Waals surface area (Å²) in [6, 6.07) is 7.96. The van der Waals surface area contributed by atoms with Crippen LogP contribution in [0.5, 0.6) is 0 Å². The van der Waals surface area contributed by atoms with Gasteiger partial charge in [-0.3, -0.25) is 4.79 Å². The third-order valence-electron chi connectivity index (χ3n) is 3.26. The maximum Gasteiger partial charge on any atom is 0.245 e. The molecule has 0 aliphatic carbocycles. The Kier molecular flexibility index (Phi) is 4.08. The molecule has 1 amide bonds. The van der Waals surface area contributed by atoms with Crippen LogP contribution >= 0.6 is 22.7 Å². The number of hydrogen-bond donors (Lipinski definition) is 1. The van der Waals surface area contributed by atoms with Crippen LogP contribution in [0.4, 0.5) is 10.3 Å². The van der Waals surface area contributed by atoms with E-state index in [2.05, 4.69) is 15.3 Å². The van der Waals surface area contributed by atoms with Gasteiger partial charge in [0.25, 0.3) is 0 Å². The van der Waals surface area contributed by atoms with Crippen molar-refractivity contribution in [3.63, 3.8) is 0 Å². The molecule has 1 aromatic carbocycles. The van der Waals surface area contributed by atoms with Crippen molar-refractivity contribution in [2.24, 2.45) is 0 Å². The number of aromatic nitrogens is 2. The van der Waals surface area contributed by atoms with Crippen molar-refractivity contribution in [3.8, 4) is 0 Å². The van der Waals surface area contributed by atoms with Gasteiger partial charge in [-0.05, 0) is 26.0 Å². The van der Waals surface area contributed by atoms with Crippen LogP contribution < -0.4 is 10.2 Å². The summed E-state index contributed by atoms with van der Waals surface area (Å²) in [5, 5.41) is 4.33. The number of likely N-dealkylation sites (N-methyl/N-ethyl adjacent to an activating group) is 1. The Bertz CT molecular complexity index is 771. The molecule has 0 spiro atoms. The van der Waals surface area contributed by atoms with Gasteiger partial charge >= 0.3 is 0 Å². The van der Waals surface area contributed by atoms with Crippen LogP contribution in [-0.2, 0) is 4.79 Å². The summed E-state index contributed by atoms with van der Waals surface area (Å²) in [5.74, 6) is -0.0875. The molecule has 1 N–H and O–H groups in total. The summed E-state index contributed by atoms with van der Waals surface area (Å²) in [5.41, 5.74) is 1.92. The molecule has 0 radical (unpaired) electrons. The molecule has 0 aliphatic heterocycles. The number of benzene rings is 1. The SMILES string of the molecule is Cc1nc(NC(=O)CN(C)c2nc3ccccc3s2)sc1C. The molecular weight excluding hydrogens is 316 g/mol. The van der Waals surface area contributed by atoms with E-state index in [1.165, 1.54) is 11.3 Å². The second kappa shape index (κ2) is 6.02. The van der Waals surface area contributed by atoms with Crippen molar-refractivity contribution < 1.29 is 4.79 Å². The molecule has 0 fully saturated rings. The van der Waals surface area contributed by atoms with Gasteiger partial charge in [-0.1, -0.05) is 23.5 Å². The number of thiazole rings is 2. The van der Waals surface area contributed by atoms with Crippen LogP contribution in [0.15, 0.2) is 24.3 Å². The van der Waals surface area contributed by atoms with Gasteiger partial charge in [0, 0.05) is 11.9 Å². The molecule has 0 saturated heterocycles. The van der Waals surface area contributed by atoms with Gasteiger partial charge in [-0.2, -0.15) is 0 Å². The summed E-state index contributed by atoms with van der Waals surface area (Å²) in [6.07, 6.45) is 0. The van der Waals surface area contributed by atoms with Crippen molar-refractivity contribution in [2.45, 2.75) is 13.8 Å². The first-order chi connectivity index (χ1) is 10.5. The maximum atomic E-state index is 12.1. The second-order valence-electron chi connectivity index (χ2n) is 5.03. The molecule has 3 aromatic rings. The lowest BCUT2D eigenvalue weighted by atomic mass is 10.3. The molecule has 7 heteroatoms. The number of anilines is 2. The van der Waals surface area contributed by atoms with E-state index in [0.29, 0.717) is 5.13 Å². The Balaban J connectivity index is 1.67. The maximum absolute atomic E-state index is 12.1. The van der Waals surface area contributed by atoms with E-state index >= 15 is 0 Å². The molecule has 114 valence electrons. The molecule has 0 bridgehead atoms. The van der Waals surface area contributed by atoms with Gasteiger partial charge < -0.3 is 10.2 Å². The van der Waals surface area contributed by atoms with E-state index in [4.69, 9.17) is 0 Å². The topological polar surface area (TPSA) is 58.1 Å². The quantitative estimate of drug-likeness (QED) is 0.795. The number of nitrogens with one attached hydrogen (secondary N) is 1. The Morgan fingerprint density at radius 2 is 2.00 bits per heavy atom. The number of hydrogen-bond acceptors (Lipinski definition) is 6. The van der Waals surface area contributed by atoms with Gasteiger partial charge in [-0.25, -0.2) is 9.97 Å². The zero-order chi connectivity index (χ0) is 15.7. The Morgan fingerprint density at radius 3 is 2.68 bits per heavy atom. The first-order valence-corrected chi connectivity index (χ1v) is 8.47. The summed E-state index contributed by atoms with van der Waals surface area (Å²) in [7, 11) is 1.87. The van der Waals surface area contributed by atoms with Crippen LogP contribution in [0.2, 0.25) is 0 Å². The van der Waals surface area contributed by atoms with E-state index in [9.17, 15) is 4.79 Å². The predicted molar refractivity (Wildman–Crippen MR) is 93.1 cm³/mol. The lowest BCUT2D eigenvalue weighted by molar-refractivity contribution is -0.114. The Labute approximate surface area is 136 Å². The van der Waals surface area contributed by atoms with E-state index in [1.807, 2.05) is 50.1 Å². The van der Waals surface area contributed by atoms with Gasteiger partial charge in [0.15, 0.2) is 10.3 Å². The molecule has 0 saturated carbocycles. The number of nitrogens with zero attached hydrogens (tertiary/aromatic N) is 3. The lowest BCUT2D eigenvalue weighted by Crippen LogP contribution is -2.29. The molecule has 5 nitrogen and oxygen atoms in total. The zero-order valence-electron chi connectivity index (χ0n) is 12.6. The minimum Gasteiger partial charge on any atom is -0.342 e. The number of aryl methyl sites for hydroxylation is 2. The molecular formula is C15H16N4OS2. The molecule has 0 aliphatic rings. The Hall–Kier alpha value is -1.99. The van der Waals surface area contributed by atoms with E-state index in [-0.39, 0.29) is 12.5 Å². The number of para-hydroxylation sites is 1. The standard InChI is InChI=1S/C15H16N4OS2/c1-9-10(2)21-14(16-9)18-13(20)8-19(3)15-17-11-6-4-5-7-12(11)22-15/h4-7H,8H2,1-3H3,(H,16,18,20). The summed E-state index contributed by atoms with van der Waals surface area (Å²) in [6.45, 7) is 4.18. The first-order valence-electron chi connectivity index (χ1n) is 6.83. The molecule has 2 aromatic heterocycles. The largest absolute Gasteiger partial charge is 0.342 e. The summed E-state index contributed by atoms with van der Waals surface area (Å²) >= 11 is 3.08. The number of rotatable bonds is 4. The lowest BCUT2D eigenvalue weighted by Gasteiger charge is -2.14.